The van der Waals surface area contributed by atoms with Crippen LogP contribution in [0.15, 0.2) is 222 Å². The summed E-state index contributed by atoms with van der Waals surface area (Å²) in [6.45, 7) is 0. The van der Waals surface area contributed by atoms with Crippen molar-refractivity contribution in [2.45, 2.75) is 51.0 Å². The smallest absolute Gasteiger partial charge is 0.0563 e. The molecule has 0 aliphatic heterocycles. The van der Waals surface area contributed by atoms with E-state index in [-0.39, 0.29) is 6.04 Å². The molecule has 0 spiro atoms. The van der Waals surface area contributed by atoms with Crippen molar-refractivity contribution in [1.29, 1.82) is 0 Å². The van der Waals surface area contributed by atoms with Crippen molar-refractivity contribution < 1.29 is 0 Å². The maximum absolute atomic E-state index is 2.68. The predicted octanol–water partition coefficient (Wildman–Crippen LogP) is 14.3. The van der Waals surface area contributed by atoms with Gasteiger partial charge in [-0.25, -0.2) is 0 Å². The van der Waals surface area contributed by atoms with Gasteiger partial charge in [0.05, 0.1) is 6.04 Å². The number of rotatable bonds is 9. The van der Waals surface area contributed by atoms with Gasteiger partial charge in [-0.3, -0.25) is 0 Å². The number of nitrogens with zero attached hydrogens (tertiary/aromatic N) is 1. The molecule has 0 fully saturated rings. The highest BCUT2D eigenvalue weighted by Crippen LogP contribution is 2.45. The van der Waals surface area contributed by atoms with Crippen LogP contribution in [0.25, 0.3) is 33.4 Å². The summed E-state index contributed by atoms with van der Waals surface area (Å²) in [5, 5.41) is 0. The lowest BCUT2D eigenvalue weighted by atomic mass is 9.81. The summed E-state index contributed by atoms with van der Waals surface area (Å²) >= 11 is 0. The van der Waals surface area contributed by atoms with Crippen LogP contribution < -0.4 is 4.90 Å². The lowest BCUT2D eigenvalue weighted by molar-refractivity contribution is 0.717. The molecule has 0 bridgehead atoms. The van der Waals surface area contributed by atoms with Gasteiger partial charge in [0.2, 0.25) is 0 Å². The number of hydrogen-bond donors (Lipinski definition) is 0. The molecule has 1 atom stereocenters. The fourth-order valence-electron chi connectivity index (χ4n) is 8.81. The first-order chi connectivity index (χ1) is 27.3. The third kappa shape index (κ3) is 7.36. The van der Waals surface area contributed by atoms with E-state index in [4.69, 9.17) is 0 Å². The maximum atomic E-state index is 2.68. The van der Waals surface area contributed by atoms with Crippen molar-refractivity contribution in [2.75, 3.05) is 4.90 Å². The van der Waals surface area contributed by atoms with Crippen LogP contribution in [0.4, 0.5) is 5.69 Å². The molecule has 0 aromatic heterocycles. The van der Waals surface area contributed by atoms with Gasteiger partial charge in [-0.1, -0.05) is 176 Å². The highest BCUT2D eigenvalue weighted by Gasteiger charge is 2.30. The largest absolute Gasteiger partial charge is 0.338 e. The maximum Gasteiger partial charge on any atom is 0.0563 e. The molecule has 0 N–H and O–H groups in total. The molecule has 1 unspecified atom stereocenters. The van der Waals surface area contributed by atoms with Crippen molar-refractivity contribution in [3.05, 3.63) is 233 Å². The van der Waals surface area contributed by atoms with E-state index in [0.29, 0.717) is 0 Å². The summed E-state index contributed by atoms with van der Waals surface area (Å²) in [5.74, 6) is 0. The van der Waals surface area contributed by atoms with Crippen LogP contribution in [-0.4, -0.2) is 6.04 Å². The van der Waals surface area contributed by atoms with Crippen LogP contribution in [0.3, 0.4) is 0 Å². The van der Waals surface area contributed by atoms with E-state index < -0.39 is 0 Å². The number of benzene rings is 5. The minimum atomic E-state index is 0.121. The predicted molar refractivity (Wildman–Crippen MR) is 234 cm³/mol. The van der Waals surface area contributed by atoms with E-state index >= 15 is 0 Å². The lowest BCUT2D eigenvalue weighted by Gasteiger charge is -2.39. The first-order valence-electron chi connectivity index (χ1n) is 20.0. The van der Waals surface area contributed by atoms with Crippen molar-refractivity contribution in [1.82, 2.24) is 0 Å². The van der Waals surface area contributed by atoms with Gasteiger partial charge in [-0.05, 0) is 130 Å². The van der Waals surface area contributed by atoms with Gasteiger partial charge in [-0.2, -0.15) is 0 Å². The molecule has 5 aromatic carbocycles. The molecule has 0 heterocycles. The zero-order valence-electron chi connectivity index (χ0n) is 31.4. The quantitative estimate of drug-likeness (QED) is 0.147. The zero-order chi connectivity index (χ0) is 36.8. The average Bonchev–Trinajstić information content (AvgIpc) is 3.28. The van der Waals surface area contributed by atoms with E-state index in [1.165, 1.54) is 78.2 Å². The van der Waals surface area contributed by atoms with Gasteiger partial charge in [0.25, 0.3) is 0 Å². The van der Waals surface area contributed by atoms with Crippen molar-refractivity contribution in [3.8, 4) is 22.3 Å². The summed E-state index contributed by atoms with van der Waals surface area (Å²) in [7, 11) is 0. The Labute approximate surface area is 327 Å². The third-order valence-electron chi connectivity index (χ3n) is 11.5. The van der Waals surface area contributed by atoms with Gasteiger partial charge in [-0.15, -0.1) is 0 Å². The Morgan fingerprint density at radius 1 is 0.509 bits per heavy atom. The van der Waals surface area contributed by atoms with Crippen LogP contribution in [0.1, 0.15) is 56.1 Å². The van der Waals surface area contributed by atoms with Gasteiger partial charge >= 0.3 is 0 Å². The molecule has 0 radical (unpaired) electrons. The zero-order valence-corrected chi connectivity index (χ0v) is 31.4. The Bertz CT molecular complexity index is 2410. The van der Waals surface area contributed by atoms with Gasteiger partial charge in [0.15, 0.2) is 0 Å². The highest BCUT2D eigenvalue weighted by molar-refractivity contribution is 5.97. The number of allylic oxidation sites excluding steroid dienone is 14. The summed E-state index contributed by atoms with van der Waals surface area (Å²) in [6, 6.07) is 51.0. The second-order valence-electron chi connectivity index (χ2n) is 14.9. The SMILES string of the molecule is C1=CCCC(C2=C(C3=CCCC=C3)C=C(N(c3ccc(-c4ccccc4)c(-c4ccccc4)c3)C3C=CC(c4ccccc4)=C(c4ccccc4)C3)CC2)=C1. The molecule has 1 nitrogen and oxygen atoms in total. The van der Waals surface area contributed by atoms with Crippen molar-refractivity contribution >= 4 is 16.8 Å². The fourth-order valence-corrected chi connectivity index (χ4v) is 8.81. The molecular formula is C54H47N. The number of hydrogen-bond acceptors (Lipinski definition) is 1. The third-order valence-corrected chi connectivity index (χ3v) is 11.5. The van der Waals surface area contributed by atoms with E-state index in [0.717, 1.165) is 44.9 Å². The van der Waals surface area contributed by atoms with Gasteiger partial charge < -0.3 is 4.90 Å². The second kappa shape index (κ2) is 16.0. The van der Waals surface area contributed by atoms with E-state index in [9.17, 15) is 0 Å². The highest BCUT2D eigenvalue weighted by atomic mass is 15.2. The molecular weight excluding hydrogens is 663 g/mol. The molecule has 0 saturated heterocycles. The molecule has 4 aliphatic carbocycles. The molecule has 0 saturated carbocycles. The molecule has 1 heteroatoms. The molecule has 5 aromatic rings. The Hall–Kier alpha value is -6.18. The summed E-state index contributed by atoms with van der Waals surface area (Å²) < 4.78 is 0. The molecule has 9 rings (SSSR count). The normalized spacial score (nSPS) is 18.2. The Kier molecular flexibility index (Phi) is 10.1. The van der Waals surface area contributed by atoms with Crippen LogP contribution in [0.5, 0.6) is 0 Å². The minimum Gasteiger partial charge on any atom is -0.338 e. The average molecular weight is 710 g/mol. The Morgan fingerprint density at radius 3 is 1.84 bits per heavy atom. The standard InChI is InChI=1S/C54H47N/c1-7-19-40(20-8-1)49-34-31-46(37-52(49)43-25-13-4-14-26-43)55(47-32-35-50(41-21-9-2-10-22-41)53(38-47)44-27-15-5-16-28-44)48-33-36-51(42-23-11-3-12-24-42)54(39-48)45-29-17-6-18-30-45/h1-5,7-11,13-17,19-23,25-32,34-35,37,39,47H,6,12,18,24,33,36,38H2. The van der Waals surface area contributed by atoms with E-state index in [1.807, 2.05) is 0 Å². The Balaban J connectivity index is 1.23. The Morgan fingerprint density at radius 2 is 1.18 bits per heavy atom. The number of anilines is 1. The summed E-state index contributed by atoms with van der Waals surface area (Å²) in [6.07, 6.45) is 28.9. The topological polar surface area (TPSA) is 3.24 Å². The summed E-state index contributed by atoms with van der Waals surface area (Å²) in [5.41, 5.74) is 18.6. The van der Waals surface area contributed by atoms with Crippen molar-refractivity contribution in [2.24, 2.45) is 0 Å². The molecule has 0 amide bonds. The van der Waals surface area contributed by atoms with Crippen LogP contribution in [0, 0.1) is 0 Å². The van der Waals surface area contributed by atoms with Crippen molar-refractivity contribution in [3.63, 3.8) is 0 Å². The second-order valence-corrected chi connectivity index (χ2v) is 14.9. The fraction of sp³-hybridized carbons (Fsp3) is 0.148. The summed E-state index contributed by atoms with van der Waals surface area (Å²) in [4.78, 5) is 2.68. The van der Waals surface area contributed by atoms with Crippen LogP contribution >= 0.6 is 0 Å². The molecule has 55 heavy (non-hydrogen) atoms. The van der Waals surface area contributed by atoms with Crippen LogP contribution in [-0.2, 0) is 0 Å². The first-order valence-corrected chi connectivity index (χ1v) is 20.0. The van der Waals surface area contributed by atoms with Crippen LogP contribution in [0.2, 0.25) is 0 Å². The van der Waals surface area contributed by atoms with E-state index in [2.05, 4.69) is 199 Å². The van der Waals surface area contributed by atoms with Gasteiger partial charge in [0.1, 0.15) is 0 Å². The monoisotopic (exact) mass is 709 g/mol. The van der Waals surface area contributed by atoms with Gasteiger partial charge in [0, 0.05) is 11.4 Å². The first kappa shape index (κ1) is 34.6. The van der Waals surface area contributed by atoms with E-state index in [1.54, 1.807) is 0 Å². The molecule has 268 valence electrons. The minimum absolute atomic E-state index is 0.121. The lowest BCUT2D eigenvalue weighted by Crippen LogP contribution is -2.35. The molecule has 4 aliphatic rings.